The fourth-order valence-corrected chi connectivity index (χ4v) is 1.17. The van der Waals surface area contributed by atoms with Crippen LogP contribution in [0.4, 0.5) is 0 Å². The summed E-state index contributed by atoms with van der Waals surface area (Å²) in [6.07, 6.45) is 4.74. The molecule has 0 aromatic carbocycles. The third-order valence-electron chi connectivity index (χ3n) is 1.69. The molecule has 0 bridgehead atoms. The van der Waals surface area contributed by atoms with E-state index < -0.39 is 0 Å². The Hall–Kier alpha value is -1.98. The number of hydrogen-bond acceptors (Lipinski definition) is 4. The number of H-pyrrole nitrogens is 1. The zero-order chi connectivity index (χ0) is 7.97. The molecule has 0 saturated heterocycles. The van der Waals surface area contributed by atoms with E-state index in [1.54, 1.807) is 17.0 Å². The highest BCUT2D eigenvalue weighted by molar-refractivity contribution is 5.73. The number of aromatic nitrogens is 6. The zero-order valence-corrected chi connectivity index (χ0v) is 5.97. The Morgan fingerprint density at radius 2 is 2.33 bits per heavy atom. The summed E-state index contributed by atoms with van der Waals surface area (Å²) in [7, 11) is 0. The van der Waals surface area contributed by atoms with Gasteiger partial charge in [0.05, 0.1) is 6.20 Å². The van der Waals surface area contributed by atoms with E-state index in [2.05, 4.69) is 25.0 Å². The molecule has 0 aliphatic heterocycles. The van der Waals surface area contributed by atoms with Crippen molar-refractivity contribution in [2.75, 3.05) is 0 Å². The zero-order valence-electron chi connectivity index (χ0n) is 5.97. The Morgan fingerprint density at radius 3 is 3.33 bits per heavy atom. The highest BCUT2D eigenvalue weighted by atomic mass is 15.3. The normalized spacial score (nSPS) is 11.3. The van der Waals surface area contributed by atoms with Gasteiger partial charge in [-0.15, -0.1) is 0 Å². The molecule has 3 aromatic heterocycles. The number of fused-ring (bicyclic) bond motifs is 3. The van der Waals surface area contributed by atoms with Gasteiger partial charge >= 0.3 is 0 Å². The second-order valence-corrected chi connectivity index (χ2v) is 2.37. The van der Waals surface area contributed by atoms with Crippen LogP contribution in [0.3, 0.4) is 0 Å². The van der Waals surface area contributed by atoms with Gasteiger partial charge in [-0.2, -0.15) is 4.98 Å². The lowest BCUT2D eigenvalue weighted by atomic mass is 10.6. The van der Waals surface area contributed by atoms with Gasteiger partial charge in [0.1, 0.15) is 18.2 Å². The molecule has 3 heterocycles. The summed E-state index contributed by atoms with van der Waals surface area (Å²) in [5.74, 6) is 0.616. The third-order valence-corrected chi connectivity index (χ3v) is 1.69. The Morgan fingerprint density at radius 1 is 1.33 bits per heavy atom. The minimum absolute atomic E-state index is 0.616. The van der Waals surface area contributed by atoms with Crippen LogP contribution in [-0.4, -0.2) is 29.5 Å². The molecule has 0 radical (unpaired) electrons. The molecule has 6 heteroatoms. The molecule has 0 spiro atoms. The van der Waals surface area contributed by atoms with Crippen molar-refractivity contribution in [2.24, 2.45) is 0 Å². The van der Waals surface area contributed by atoms with Crippen molar-refractivity contribution >= 4 is 16.9 Å². The van der Waals surface area contributed by atoms with Gasteiger partial charge in [0.2, 0.25) is 0 Å². The first kappa shape index (κ1) is 5.64. The van der Waals surface area contributed by atoms with E-state index >= 15 is 0 Å². The van der Waals surface area contributed by atoms with Gasteiger partial charge in [-0.25, -0.2) is 19.5 Å². The van der Waals surface area contributed by atoms with Gasteiger partial charge in [-0.3, -0.25) is 5.10 Å². The molecule has 0 aliphatic rings. The molecule has 0 aliphatic carbocycles. The van der Waals surface area contributed by atoms with Crippen molar-refractivity contribution < 1.29 is 0 Å². The predicted octanol–water partition coefficient (Wildman–Crippen LogP) is 0.000600. The Kier molecular flexibility index (Phi) is 0.840. The summed E-state index contributed by atoms with van der Waals surface area (Å²) in [6.45, 7) is 0. The van der Waals surface area contributed by atoms with E-state index in [4.69, 9.17) is 0 Å². The minimum Gasteiger partial charge on any atom is -0.280 e. The first-order chi connectivity index (χ1) is 5.95. The Balaban J connectivity index is 2.68. The van der Waals surface area contributed by atoms with Crippen molar-refractivity contribution in [3.8, 4) is 0 Å². The quantitative estimate of drug-likeness (QED) is 0.502. The number of rotatable bonds is 0. The van der Waals surface area contributed by atoms with E-state index in [9.17, 15) is 0 Å². The second kappa shape index (κ2) is 1.79. The lowest BCUT2D eigenvalue weighted by Crippen LogP contribution is -1.83. The van der Waals surface area contributed by atoms with Crippen LogP contribution >= 0.6 is 0 Å². The molecule has 0 amide bonds. The topological polar surface area (TPSA) is 71.8 Å². The summed E-state index contributed by atoms with van der Waals surface area (Å²) < 4.78 is 1.73. The fourth-order valence-electron chi connectivity index (χ4n) is 1.17. The Labute approximate surface area is 66.3 Å². The highest BCUT2D eigenvalue weighted by Crippen LogP contribution is 2.08. The molecule has 0 saturated carbocycles. The summed E-state index contributed by atoms with van der Waals surface area (Å²) >= 11 is 0. The van der Waals surface area contributed by atoms with Crippen LogP contribution in [0.1, 0.15) is 0 Å². The van der Waals surface area contributed by atoms with Crippen molar-refractivity contribution in [1.29, 1.82) is 0 Å². The van der Waals surface area contributed by atoms with E-state index in [-0.39, 0.29) is 0 Å². The van der Waals surface area contributed by atoms with Crippen LogP contribution < -0.4 is 0 Å². The van der Waals surface area contributed by atoms with Gasteiger partial charge in [0.15, 0.2) is 5.65 Å². The van der Waals surface area contributed by atoms with Crippen LogP contribution in [0.15, 0.2) is 18.9 Å². The number of aromatic amines is 1. The Bertz CT molecular complexity index is 534. The van der Waals surface area contributed by atoms with Gasteiger partial charge in [0.25, 0.3) is 5.78 Å². The van der Waals surface area contributed by atoms with Crippen molar-refractivity contribution in [2.45, 2.75) is 0 Å². The average Bonchev–Trinajstić information content (AvgIpc) is 2.62. The van der Waals surface area contributed by atoms with E-state index in [1.165, 1.54) is 6.33 Å². The van der Waals surface area contributed by atoms with Crippen molar-refractivity contribution in [3.05, 3.63) is 18.9 Å². The van der Waals surface area contributed by atoms with Crippen LogP contribution in [0, 0.1) is 0 Å². The lowest BCUT2D eigenvalue weighted by molar-refractivity contribution is 1.00. The van der Waals surface area contributed by atoms with E-state index in [0.29, 0.717) is 11.4 Å². The first-order valence-electron chi connectivity index (χ1n) is 3.43. The standard InChI is InChI=1S/C6H4N6/c1-4-5(8-2-7-1)11-6-9-3-10-12(4)6/h1-3H,(H,7,8,9,10,11). The fraction of sp³-hybridized carbons (Fsp3) is 0. The SMILES string of the molecule is c1ncc2c(n1)nc1nc[nH]n12. The van der Waals surface area contributed by atoms with Crippen LogP contribution in [-0.2, 0) is 0 Å². The maximum atomic E-state index is 4.14. The van der Waals surface area contributed by atoms with Crippen LogP contribution in [0.5, 0.6) is 0 Å². The van der Waals surface area contributed by atoms with Crippen LogP contribution in [0.25, 0.3) is 16.9 Å². The van der Waals surface area contributed by atoms with E-state index in [0.717, 1.165) is 5.52 Å². The van der Waals surface area contributed by atoms with Crippen molar-refractivity contribution in [1.82, 2.24) is 29.5 Å². The molecule has 0 fully saturated rings. The second-order valence-electron chi connectivity index (χ2n) is 2.37. The number of nitrogens with one attached hydrogen (secondary N) is 1. The van der Waals surface area contributed by atoms with Crippen LogP contribution in [0.2, 0.25) is 0 Å². The lowest BCUT2D eigenvalue weighted by Gasteiger charge is -1.84. The molecular weight excluding hydrogens is 156 g/mol. The van der Waals surface area contributed by atoms with Crippen molar-refractivity contribution in [3.63, 3.8) is 0 Å². The number of nitrogens with zero attached hydrogens (tertiary/aromatic N) is 5. The molecule has 3 rings (SSSR count). The van der Waals surface area contributed by atoms with E-state index in [1.807, 2.05) is 0 Å². The first-order valence-corrected chi connectivity index (χ1v) is 3.43. The van der Waals surface area contributed by atoms with Gasteiger partial charge in [0, 0.05) is 0 Å². The number of hydrogen-bond donors (Lipinski definition) is 1. The predicted molar refractivity (Wildman–Crippen MR) is 40.4 cm³/mol. The molecule has 0 unspecified atom stereocenters. The summed E-state index contributed by atoms with van der Waals surface area (Å²) in [6, 6.07) is 0. The summed E-state index contributed by atoms with van der Waals surface area (Å²) in [4.78, 5) is 16.0. The maximum absolute atomic E-state index is 4.14. The maximum Gasteiger partial charge on any atom is 0.253 e. The smallest absolute Gasteiger partial charge is 0.253 e. The number of imidazole rings is 1. The average molecular weight is 160 g/mol. The molecule has 3 aromatic rings. The molecule has 0 atom stereocenters. The van der Waals surface area contributed by atoms with Gasteiger partial charge < -0.3 is 0 Å². The summed E-state index contributed by atoms with van der Waals surface area (Å²) in [5, 5.41) is 2.91. The molecule has 6 nitrogen and oxygen atoms in total. The minimum atomic E-state index is 0.616. The molecule has 1 N–H and O–H groups in total. The van der Waals surface area contributed by atoms with Gasteiger partial charge in [-0.1, -0.05) is 0 Å². The monoisotopic (exact) mass is 160 g/mol. The summed E-state index contributed by atoms with van der Waals surface area (Å²) in [5.41, 5.74) is 1.49. The third kappa shape index (κ3) is 0.541. The molecule has 12 heavy (non-hydrogen) atoms. The molecule has 58 valence electrons. The largest absolute Gasteiger partial charge is 0.280 e. The highest BCUT2D eigenvalue weighted by Gasteiger charge is 2.05. The molecular formula is C6H4N6. The van der Waals surface area contributed by atoms with Gasteiger partial charge in [-0.05, 0) is 0 Å².